The lowest BCUT2D eigenvalue weighted by molar-refractivity contribution is -0.118. The maximum Gasteiger partial charge on any atom is 0.335 e. The normalized spacial score (nSPS) is 17.3. The molecule has 0 aromatic heterocycles. The standard InChI is InChI=1S/C22H22FNO3/c23-17-8-5-9-18-20(17)22(12-3-4-13-22)14-24(18)19(25)11-10-15-6-1-2-7-16(15)21(26)27/h1-2,5-9H,3-4,10-14H2,(H,26,27). The average molecular weight is 367 g/mol. The fourth-order valence-corrected chi connectivity index (χ4v) is 4.74. The Hall–Kier alpha value is -2.69. The summed E-state index contributed by atoms with van der Waals surface area (Å²) >= 11 is 0. The molecule has 140 valence electrons. The second-order valence-electron chi connectivity index (χ2n) is 7.56. The zero-order valence-corrected chi connectivity index (χ0v) is 15.1. The molecule has 1 aliphatic carbocycles. The molecule has 0 saturated heterocycles. The van der Waals surface area contributed by atoms with Gasteiger partial charge in [0, 0.05) is 23.9 Å². The molecule has 4 rings (SSSR count). The van der Waals surface area contributed by atoms with Gasteiger partial charge in [-0.15, -0.1) is 0 Å². The number of carbonyl (C=O) groups is 2. The van der Waals surface area contributed by atoms with E-state index >= 15 is 0 Å². The highest BCUT2D eigenvalue weighted by atomic mass is 19.1. The molecule has 27 heavy (non-hydrogen) atoms. The van der Waals surface area contributed by atoms with Crippen LogP contribution >= 0.6 is 0 Å². The van der Waals surface area contributed by atoms with Crippen LogP contribution in [0.1, 0.15) is 53.6 Å². The van der Waals surface area contributed by atoms with Crippen molar-refractivity contribution in [2.45, 2.75) is 43.9 Å². The van der Waals surface area contributed by atoms with Crippen LogP contribution in [-0.2, 0) is 16.6 Å². The fourth-order valence-electron chi connectivity index (χ4n) is 4.74. The summed E-state index contributed by atoms with van der Waals surface area (Å²) in [6, 6.07) is 11.7. The highest BCUT2D eigenvalue weighted by Crippen LogP contribution is 2.51. The monoisotopic (exact) mass is 367 g/mol. The number of anilines is 1. The van der Waals surface area contributed by atoms with E-state index in [9.17, 15) is 19.1 Å². The molecule has 0 unspecified atom stereocenters. The topological polar surface area (TPSA) is 57.6 Å². The third kappa shape index (κ3) is 3.01. The summed E-state index contributed by atoms with van der Waals surface area (Å²) in [4.78, 5) is 26.0. The first-order valence-corrected chi connectivity index (χ1v) is 9.42. The number of amides is 1. The quantitative estimate of drug-likeness (QED) is 0.876. The fraction of sp³-hybridized carbons (Fsp3) is 0.364. The number of aromatic carboxylic acids is 1. The molecule has 2 aromatic carbocycles. The molecule has 2 aliphatic rings. The first-order valence-electron chi connectivity index (χ1n) is 9.42. The van der Waals surface area contributed by atoms with Crippen LogP contribution in [0, 0.1) is 5.82 Å². The molecule has 0 atom stereocenters. The zero-order chi connectivity index (χ0) is 19.0. The van der Waals surface area contributed by atoms with Crippen molar-refractivity contribution >= 4 is 17.6 Å². The summed E-state index contributed by atoms with van der Waals surface area (Å²) in [5.41, 5.74) is 2.00. The van der Waals surface area contributed by atoms with Gasteiger partial charge in [-0.3, -0.25) is 4.79 Å². The Morgan fingerprint density at radius 2 is 1.81 bits per heavy atom. The van der Waals surface area contributed by atoms with Crippen LogP contribution in [0.2, 0.25) is 0 Å². The van der Waals surface area contributed by atoms with E-state index in [1.807, 2.05) is 6.07 Å². The van der Waals surface area contributed by atoms with Crippen molar-refractivity contribution < 1.29 is 19.1 Å². The second-order valence-corrected chi connectivity index (χ2v) is 7.56. The largest absolute Gasteiger partial charge is 0.478 e. The van der Waals surface area contributed by atoms with Gasteiger partial charge in [0.05, 0.1) is 11.3 Å². The number of benzene rings is 2. The summed E-state index contributed by atoms with van der Waals surface area (Å²) in [5, 5.41) is 9.31. The molecule has 1 N–H and O–H groups in total. The molecule has 2 aromatic rings. The van der Waals surface area contributed by atoms with E-state index in [2.05, 4.69) is 0 Å². The van der Waals surface area contributed by atoms with Crippen LogP contribution in [0.25, 0.3) is 0 Å². The van der Waals surface area contributed by atoms with Crippen LogP contribution < -0.4 is 4.90 Å². The SMILES string of the molecule is O=C(O)c1ccccc1CCC(=O)N1CC2(CCCC2)c2c(F)cccc21. The van der Waals surface area contributed by atoms with Gasteiger partial charge in [0.1, 0.15) is 5.82 Å². The molecule has 1 amide bonds. The Morgan fingerprint density at radius 1 is 1.07 bits per heavy atom. The van der Waals surface area contributed by atoms with Crippen molar-refractivity contribution in [3.63, 3.8) is 0 Å². The molecule has 4 nitrogen and oxygen atoms in total. The van der Waals surface area contributed by atoms with E-state index in [4.69, 9.17) is 0 Å². The number of carboxylic acid groups (broad SMARTS) is 1. The summed E-state index contributed by atoms with van der Waals surface area (Å²) < 4.78 is 14.6. The van der Waals surface area contributed by atoms with Gasteiger partial charge in [-0.1, -0.05) is 37.1 Å². The Balaban J connectivity index is 1.57. The van der Waals surface area contributed by atoms with E-state index in [1.54, 1.807) is 35.2 Å². The minimum absolute atomic E-state index is 0.0779. The first-order chi connectivity index (χ1) is 13.0. The molecule has 0 bridgehead atoms. The van der Waals surface area contributed by atoms with E-state index in [-0.39, 0.29) is 29.1 Å². The van der Waals surface area contributed by atoms with Crippen LogP contribution in [-0.4, -0.2) is 23.5 Å². The molecule has 5 heteroatoms. The predicted octanol–water partition coefficient (Wildman–Crippen LogP) is 4.32. The minimum Gasteiger partial charge on any atom is -0.478 e. The van der Waals surface area contributed by atoms with Gasteiger partial charge in [0.2, 0.25) is 5.91 Å². The summed E-state index contributed by atoms with van der Waals surface area (Å²) in [6.45, 7) is 0.530. The van der Waals surface area contributed by atoms with Crippen LogP contribution in [0.5, 0.6) is 0 Å². The minimum atomic E-state index is -0.989. The first kappa shape index (κ1) is 17.7. The van der Waals surface area contributed by atoms with Gasteiger partial charge >= 0.3 is 5.97 Å². The number of fused-ring (bicyclic) bond motifs is 2. The van der Waals surface area contributed by atoms with Gasteiger partial charge in [0.25, 0.3) is 0 Å². The summed E-state index contributed by atoms with van der Waals surface area (Å²) in [6.07, 6.45) is 4.49. The number of aryl methyl sites for hydroxylation is 1. The van der Waals surface area contributed by atoms with Crippen LogP contribution in [0.4, 0.5) is 10.1 Å². The Bertz CT molecular complexity index is 902. The van der Waals surface area contributed by atoms with Crippen molar-refractivity contribution in [2.75, 3.05) is 11.4 Å². The van der Waals surface area contributed by atoms with Gasteiger partial charge in [-0.25, -0.2) is 9.18 Å². The highest BCUT2D eigenvalue weighted by molar-refractivity contribution is 5.97. The van der Waals surface area contributed by atoms with E-state index in [0.29, 0.717) is 29.8 Å². The Kier molecular flexibility index (Phi) is 4.46. The lowest BCUT2D eigenvalue weighted by Gasteiger charge is -2.25. The van der Waals surface area contributed by atoms with Crippen molar-refractivity contribution in [1.82, 2.24) is 0 Å². The molecular formula is C22H22FNO3. The Morgan fingerprint density at radius 3 is 2.56 bits per heavy atom. The van der Waals surface area contributed by atoms with Gasteiger partial charge in [0.15, 0.2) is 0 Å². The number of halogens is 1. The smallest absolute Gasteiger partial charge is 0.335 e. The second kappa shape index (κ2) is 6.80. The summed E-state index contributed by atoms with van der Waals surface area (Å²) in [7, 11) is 0. The van der Waals surface area contributed by atoms with Crippen molar-refractivity contribution in [3.05, 3.63) is 65.0 Å². The summed E-state index contributed by atoms with van der Waals surface area (Å²) in [5.74, 6) is -1.29. The molecule has 1 spiro atoms. The number of hydrogen-bond acceptors (Lipinski definition) is 2. The number of rotatable bonds is 4. The predicted molar refractivity (Wildman–Crippen MR) is 101 cm³/mol. The molecule has 1 fully saturated rings. The lowest BCUT2D eigenvalue weighted by Crippen LogP contribution is -2.35. The Labute approximate surface area is 157 Å². The van der Waals surface area contributed by atoms with E-state index in [0.717, 1.165) is 25.7 Å². The highest BCUT2D eigenvalue weighted by Gasteiger charge is 2.47. The number of nitrogens with zero attached hydrogens (tertiary/aromatic N) is 1. The van der Waals surface area contributed by atoms with Gasteiger partial charge in [-0.05, 0) is 43.0 Å². The molecular weight excluding hydrogens is 345 g/mol. The van der Waals surface area contributed by atoms with Gasteiger partial charge < -0.3 is 10.0 Å². The van der Waals surface area contributed by atoms with Crippen LogP contribution in [0.15, 0.2) is 42.5 Å². The van der Waals surface area contributed by atoms with Crippen molar-refractivity contribution in [2.24, 2.45) is 0 Å². The average Bonchev–Trinajstić information content (AvgIpc) is 3.26. The van der Waals surface area contributed by atoms with Crippen LogP contribution in [0.3, 0.4) is 0 Å². The maximum absolute atomic E-state index is 14.6. The lowest BCUT2D eigenvalue weighted by atomic mass is 9.80. The van der Waals surface area contributed by atoms with E-state index in [1.165, 1.54) is 6.07 Å². The number of hydrogen-bond donors (Lipinski definition) is 1. The van der Waals surface area contributed by atoms with Crippen molar-refractivity contribution in [1.29, 1.82) is 0 Å². The van der Waals surface area contributed by atoms with E-state index < -0.39 is 5.97 Å². The van der Waals surface area contributed by atoms with Gasteiger partial charge in [-0.2, -0.15) is 0 Å². The zero-order valence-electron chi connectivity index (χ0n) is 15.1. The maximum atomic E-state index is 14.6. The van der Waals surface area contributed by atoms with Crippen molar-refractivity contribution in [3.8, 4) is 0 Å². The molecule has 1 saturated carbocycles. The molecule has 1 heterocycles. The molecule has 1 aliphatic heterocycles. The third-order valence-corrected chi connectivity index (χ3v) is 5.99. The number of carbonyl (C=O) groups excluding carboxylic acids is 1. The number of carboxylic acids is 1. The molecule has 0 radical (unpaired) electrons. The third-order valence-electron chi connectivity index (χ3n) is 5.99.